The largest absolute Gasteiger partial charge is 0.338 e. The number of hydrogen-bond donors (Lipinski definition) is 3. The van der Waals surface area contributed by atoms with Crippen molar-refractivity contribution in [3.8, 4) is 11.4 Å². The molecular weight excluding hydrogens is 356 g/mol. The van der Waals surface area contributed by atoms with Crippen LogP contribution in [0.5, 0.6) is 0 Å². The number of aromatic amines is 1. The van der Waals surface area contributed by atoms with Gasteiger partial charge in [0.1, 0.15) is 5.82 Å². The van der Waals surface area contributed by atoms with Gasteiger partial charge in [-0.05, 0) is 60.7 Å². The molecule has 1 aromatic heterocycles. The van der Waals surface area contributed by atoms with E-state index < -0.39 is 0 Å². The minimum atomic E-state index is -0.244. The SMILES string of the molecule is O=C(NC(=S)Nc1ccc(-c2nc3ccccc3[nH]2)cc1)c1ccccc1. The molecular formula is C21H16N4OS. The Kier molecular flexibility index (Phi) is 4.63. The fourth-order valence-electron chi connectivity index (χ4n) is 2.73. The van der Waals surface area contributed by atoms with Crippen LogP contribution in [-0.4, -0.2) is 21.0 Å². The van der Waals surface area contributed by atoms with Crippen LogP contribution in [0.3, 0.4) is 0 Å². The molecule has 4 rings (SSSR count). The Bertz CT molecular complexity index is 1070. The molecule has 1 amide bonds. The van der Waals surface area contributed by atoms with Crippen LogP contribution in [0.2, 0.25) is 0 Å². The molecule has 1 heterocycles. The molecule has 0 bridgehead atoms. The molecule has 5 nitrogen and oxygen atoms in total. The highest BCUT2D eigenvalue weighted by molar-refractivity contribution is 7.80. The maximum atomic E-state index is 12.1. The molecule has 0 radical (unpaired) electrons. The summed E-state index contributed by atoms with van der Waals surface area (Å²) in [6.45, 7) is 0. The van der Waals surface area contributed by atoms with Gasteiger partial charge < -0.3 is 10.3 Å². The van der Waals surface area contributed by atoms with Gasteiger partial charge in [-0.25, -0.2) is 4.98 Å². The molecule has 0 aliphatic heterocycles. The maximum absolute atomic E-state index is 12.1. The quantitative estimate of drug-likeness (QED) is 0.468. The highest BCUT2D eigenvalue weighted by Gasteiger charge is 2.08. The van der Waals surface area contributed by atoms with Crippen LogP contribution in [0.25, 0.3) is 22.4 Å². The molecule has 4 aromatic rings. The summed E-state index contributed by atoms with van der Waals surface area (Å²) in [6, 6.07) is 24.5. The number of hydrogen-bond acceptors (Lipinski definition) is 3. The van der Waals surface area contributed by atoms with E-state index in [9.17, 15) is 4.79 Å². The first-order valence-electron chi connectivity index (χ1n) is 8.41. The molecule has 0 atom stereocenters. The molecule has 27 heavy (non-hydrogen) atoms. The maximum Gasteiger partial charge on any atom is 0.257 e. The van der Waals surface area contributed by atoms with Crippen molar-refractivity contribution >= 4 is 40.0 Å². The van der Waals surface area contributed by atoms with Crippen LogP contribution in [0, 0.1) is 0 Å². The zero-order valence-corrected chi connectivity index (χ0v) is 15.1. The summed E-state index contributed by atoms with van der Waals surface area (Å²) in [6.07, 6.45) is 0. The van der Waals surface area contributed by atoms with Crippen LogP contribution >= 0.6 is 12.2 Å². The van der Waals surface area contributed by atoms with Crippen LogP contribution in [-0.2, 0) is 0 Å². The van der Waals surface area contributed by atoms with Crippen molar-refractivity contribution in [2.75, 3.05) is 5.32 Å². The lowest BCUT2D eigenvalue weighted by Gasteiger charge is -2.10. The predicted octanol–water partition coefficient (Wildman–Crippen LogP) is 4.36. The molecule has 0 unspecified atom stereocenters. The molecule has 0 aliphatic rings. The van der Waals surface area contributed by atoms with Gasteiger partial charge in [0.2, 0.25) is 0 Å². The number of nitrogens with one attached hydrogen (secondary N) is 3. The number of H-pyrrole nitrogens is 1. The minimum Gasteiger partial charge on any atom is -0.338 e. The van der Waals surface area contributed by atoms with Gasteiger partial charge in [-0.3, -0.25) is 10.1 Å². The Morgan fingerprint density at radius 3 is 2.33 bits per heavy atom. The lowest BCUT2D eigenvalue weighted by Crippen LogP contribution is -2.34. The highest BCUT2D eigenvalue weighted by atomic mass is 32.1. The van der Waals surface area contributed by atoms with Gasteiger partial charge in [0.15, 0.2) is 5.11 Å². The Balaban J connectivity index is 1.43. The first-order valence-corrected chi connectivity index (χ1v) is 8.82. The van der Waals surface area contributed by atoms with Crippen molar-refractivity contribution in [3.63, 3.8) is 0 Å². The standard InChI is InChI=1S/C21H16N4OS/c26-20(15-6-2-1-3-7-15)25-21(27)22-16-12-10-14(11-13-16)19-23-17-8-4-5-9-18(17)24-19/h1-13H,(H,23,24)(H2,22,25,26,27). The second kappa shape index (κ2) is 7.39. The van der Waals surface area contributed by atoms with E-state index in [-0.39, 0.29) is 11.0 Å². The van der Waals surface area contributed by atoms with Gasteiger partial charge in [0, 0.05) is 16.8 Å². The van der Waals surface area contributed by atoms with E-state index in [0.29, 0.717) is 5.56 Å². The number of imidazole rings is 1. The van der Waals surface area contributed by atoms with Crippen LogP contribution in [0.1, 0.15) is 10.4 Å². The number of rotatable bonds is 3. The minimum absolute atomic E-state index is 0.244. The zero-order chi connectivity index (χ0) is 18.6. The number of anilines is 1. The monoisotopic (exact) mass is 372 g/mol. The van der Waals surface area contributed by atoms with E-state index in [1.165, 1.54) is 0 Å². The molecule has 132 valence electrons. The third-order valence-electron chi connectivity index (χ3n) is 4.07. The molecule has 3 aromatic carbocycles. The first-order chi connectivity index (χ1) is 13.2. The zero-order valence-electron chi connectivity index (χ0n) is 14.3. The topological polar surface area (TPSA) is 69.8 Å². The summed E-state index contributed by atoms with van der Waals surface area (Å²) >= 11 is 5.22. The molecule has 0 saturated carbocycles. The van der Waals surface area contributed by atoms with Crippen molar-refractivity contribution in [2.45, 2.75) is 0 Å². The Morgan fingerprint density at radius 1 is 0.889 bits per heavy atom. The lowest BCUT2D eigenvalue weighted by molar-refractivity contribution is 0.0977. The summed E-state index contributed by atoms with van der Waals surface area (Å²) < 4.78 is 0. The molecule has 6 heteroatoms. The van der Waals surface area contributed by atoms with E-state index in [1.54, 1.807) is 12.1 Å². The van der Waals surface area contributed by atoms with Crippen molar-refractivity contribution in [3.05, 3.63) is 84.4 Å². The molecule has 0 spiro atoms. The summed E-state index contributed by atoms with van der Waals surface area (Å²) in [5.74, 6) is 0.565. The number of fused-ring (bicyclic) bond motifs is 1. The summed E-state index contributed by atoms with van der Waals surface area (Å²) in [7, 11) is 0. The smallest absolute Gasteiger partial charge is 0.257 e. The number of para-hydroxylation sites is 2. The van der Waals surface area contributed by atoms with E-state index in [2.05, 4.69) is 20.6 Å². The second-order valence-corrected chi connectivity index (χ2v) is 6.36. The number of carbonyl (C=O) groups excluding carboxylic acids is 1. The van der Waals surface area contributed by atoms with Gasteiger partial charge >= 0.3 is 0 Å². The average Bonchev–Trinajstić information content (AvgIpc) is 3.13. The van der Waals surface area contributed by atoms with Gasteiger partial charge in [0.05, 0.1) is 11.0 Å². The number of amides is 1. The molecule has 0 fully saturated rings. The van der Waals surface area contributed by atoms with Crippen molar-refractivity contribution in [2.24, 2.45) is 0 Å². The van der Waals surface area contributed by atoms with Crippen LogP contribution < -0.4 is 10.6 Å². The van der Waals surface area contributed by atoms with Crippen molar-refractivity contribution in [1.29, 1.82) is 0 Å². The average molecular weight is 372 g/mol. The van der Waals surface area contributed by atoms with Crippen LogP contribution in [0.15, 0.2) is 78.9 Å². The lowest BCUT2D eigenvalue weighted by atomic mass is 10.2. The molecule has 0 aliphatic carbocycles. The highest BCUT2D eigenvalue weighted by Crippen LogP contribution is 2.22. The third kappa shape index (κ3) is 3.86. The van der Waals surface area contributed by atoms with Gasteiger partial charge in [-0.1, -0.05) is 30.3 Å². The van der Waals surface area contributed by atoms with Crippen molar-refractivity contribution in [1.82, 2.24) is 15.3 Å². The third-order valence-corrected chi connectivity index (χ3v) is 4.27. The number of aromatic nitrogens is 2. The fourth-order valence-corrected chi connectivity index (χ4v) is 2.94. The normalized spacial score (nSPS) is 10.5. The Morgan fingerprint density at radius 2 is 1.59 bits per heavy atom. The van der Waals surface area contributed by atoms with E-state index in [0.717, 1.165) is 28.1 Å². The van der Waals surface area contributed by atoms with Gasteiger partial charge in [0.25, 0.3) is 5.91 Å². The van der Waals surface area contributed by atoms with Gasteiger partial charge in [-0.2, -0.15) is 0 Å². The summed E-state index contributed by atoms with van der Waals surface area (Å²) in [5, 5.41) is 5.94. The fraction of sp³-hybridized carbons (Fsp3) is 0. The van der Waals surface area contributed by atoms with E-state index in [4.69, 9.17) is 12.2 Å². The predicted molar refractivity (Wildman–Crippen MR) is 112 cm³/mol. The first kappa shape index (κ1) is 16.9. The number of thiocarbonyl (C=S) groups is 1. The Hall–Kier alpha value is -3.51. The number of nitrogens with zero attached hydrogens (tertiary/aromatic N) is 1. The van der Waals surface area contributed by atoms with Crippen LogP contribution in [0.4, 0.5) is 5.69 Å². The molecule has 3 N–H and O–H groups in total. The summed E-state index contributed by atoms with van der Waals surface area (Å²) in [4.78, 5) is 20.0. The second-order valence-electron chi connectivity index (χ2n) is 5.95. The van der Waals surface area contributed by atoms with E-state index >= 15 is 0 Å². The van der Waals surface area contributed by atoms with Gasteiger partial charge in [-0.15, -0.1) is 0 Å². The summed E-state index contributed by atoms with van der Waals surface area (Å²) in [5.41, 5.74) is 4.24. The Labute approximate surface area is 161 Å². The molecule has 0 saturated heterocycles. The van der Waals surface area contributed by atoms with E-state index in [1.807, 2.05) is 66.7 Å². The number of benzene rings is 3. The number of carbonyl (C=O) groups is 1. The van der Waals surface area contributed by atoms with Crippen molar-refractivity contribution < 1.29 is 4.79 Å².